The van der Waals surface area contributed by atoms with Gasteiger partial charge in [0.25, 0.3) is 0 Å². The zero-order valence-corrected chi connectivity index (χ0v) is 14.3. The van der Waals surface area contributed by atoms with Crippen LogP contribution in [0.1, 0.15) is 31.4 Å². The Morgan fingerprint density at radius 1 is 1.13 bits per heavy atom. The molecule has 0 unspecified atom stereocenters. The van der Waals surface area contributed by atoms with Crippen LogP contribution in [0.4, 0.5) is 5.69 Å². The van der Waals surface area contributed by atoms with Crippen LogP contribution in [-0.4, -0.2) is 18.5 Å². The van der Waals surface area contributed by atoms with Crippen molar-refractivity contribution in [3.05, 3.63) is 64.7 Å². The van der Waals surface area contributed by atoms with Crippen molar-refractivity contribution in [1.82, 2.24) is 0 Å². The van der Waals surface area contributed by atoms with Crippen LogP contribution >= 0.6 is 11.6 Å². The van der Waals surface area contributed by atoms with Crippen molar-refractivity contribution in [3.63, 3.8) is 0 Å². The molecule has 0 N–H and O–H groups in total. The van der Waals surface area contributed by atoms with Gasteiger partial charge in [0.05, 0.1) is 17.5 Å². The van der Waals surface area contributed by atoms with Gasteiger partial charge in [-0.2, -0.15) is 0 Å². The molecule has 2 aliphatic heterocycles. The first-order chi connectivity index (χ1) is 11.0. The molecule has 0 aromatic heterocycles. The number of halogens is 1. The predicted molar refractivity (Wildman–Crippen MR) is 94.3 cm³/mol. The van der Waals surface area contributed by atoms with E-state index in [0.29, 0.717) is 5.02 Å². The van der Waals surface area contributed by atoms with E-state index in [0.717, 1.165) is 17.7 Å². The second-order valence-corrected chi connectivity index (χ2v) is 7.24. The van der Waals surface area contributed by atoms with E-state index in [9.17, 15) is 0 Å². The van der Waals surface area contributed by atoms with Crippen molar-refractivity contribution in [1.29, 1.82) is 0 Å². The Balaban J connectivity index is 1.75. The van der Waals surface area contributed by atoms with Gasteiger partial charge >= 0.3 is 0 Å². The van der Waals surface area contributed by atoms with Gasteiger partial charge < -0.3 is 9.74 Å². The lowest BCUT2D eigenvalue weighted by molar-refractivity contribution is -0.0591. The predicted octanol–water partition coefficient (Wildman–Crippen LogP) is 4.59. The molecule has 23 heavy (non-hydrogen) atoms. The van der Waals surface area contributed by atoms with Crippen LogP contribution in [0.3, 0.4) is 0 Å². The minimum absolute atomic E-state index is 0.165. The van der Waals surface area contributed by atoms with E-state index in [1.54, 1.807) is 0 Å². The average molecular weight is 327 g/mol. The molecule has 0 amide bonds. The van der Waals surface area contributed by atoms with Crippen LogP contribution in [0, 0.1) is 0 Å². The van der Waals surface area contributed by atoms with Crippen molar-refractivity contribution in [2.24, 2.45) is 5.16 Å². The lowest BCUT2D eigenvalue weighted by atomic mass is 9.75. The third kappa shape index (κ3) is 1.86. The van der Waals surface area contributed by atoms with Gasteiger partial charge in [-0.05, 0) is 37.6 Å². The van der Waals surface area contributed by atoms with Gasteiger partial charge in [0.1, 0.15) is 0 Å². The highest BCUT2D eigenvalue weighted by molar-refractivity contribution is 6.31. The molecule has 0 saturated heterocycles. The minimum Gasteiger partial charge on any atom is -0.366 e. The molecule has 118 valence electrons. The number of benzene rings is 2. The minimum atomic E-state index is -0.492. The van der Waals surface area contributed by atoms with Crippen molar-refractivity contribution >= 4 is 23.0 Å². The molecule has 4 heteroatoms. The molecule has 0 fully saturated rings. The van der Waals surface area contributed by atoms with Gasteiger partial charge in [-0.1, -0.05) is 47.1 Å². The molecule has 0 radical (unpaired) electrons. The molecule has 2 heterocycles. The Morgan fingerprint density at radius 2 is 1.91 bits per heavy atom. The summed E-state index contributed by atoms with van der Waals surface area (Å²) in [7, 11) is 2.09. The van der Waals surface area contributed by atoms with Gasteiger partial charge in [0.15, 0.2) is 0 Å². The van der Waals surface area contributed by atoms with Crippen molar-refractivity contribution in [2.45, 2.75) is 31.4 Å². The fourth-order valence-electron chi connectivity index (χ4n) is 3.88. The summed E-state index contributed by atoms with van der Waals surface area (Å²) < 4.78 is 0. The number of hydrogen-bond donors (Lipinski definition) is 0. The number of likely N-dealkylation sites (N-methyl/N-ethyl adjacent to an activating group) is 1. The smallest absolute Gasteiger partial charge is 0.224 e. The molecule has 4 rings (SSSR count). The monoisotopic (exact) mass is 326 g/mol. The Bertz CT molecular complexity index is 815. The van der Waals surface area contributed by atoms with Crippen LogP contribution in [0.2, 0.25) is 5.02 Å². The van der Waals surface area contributed by atoms with E-state index in [4.69, 9.17) is 16.4 Å². The largest absolute Gasteiger partial charge is 0.366 e. The van der Waals surface area contributed by atoms with Crippen LogP contribution in [0.5, 0.6) is 0 Å². The second-order valence-electron chi connectivity index (χ2n) is 6.80. The summed E-state index contributed by atoms with van der Waals surface area (Å²) in [6.07, 6.45) is 0.728. The Kier molecular flexibility index (Phi) is 3.01. The first kappa shape index (κ1) is 14.6. The quantitative estimate of drug-likeness (QED) is 0.765. The van der Waals surface area contributed by atoms with Crippen LogP contribution < -0.4 is 4.90 Å². The van der Waals surface area contributed by atoms with Crippen molar-refractivity contribution in [2.75, 3.05) is 11.9 Å². The summed E-state index contributed by atoms with van der Waals surface area (Å²) in [5.74, 6) is 0. The maximum absolute atomic E-state index is 6.13. The van der Waals surface area contributed by atoms with E-state index in [1.165, 1.54) is 11.3 Å². The number of rotatable bonds is 1. The molecule has 0 aliphatic carbocycles. The van der Waals surface area contributed by atoms with Gasteiger partial charge in [-0.3, -0.25) is 0 Å². The number of oxime groups is 1. The van der Waals surface area contributed by atoms with Crippen LogP contribution in [0.25, 0.3) is 0 Å². The summed E-state index contributed by atoms with van der Waals surface area (Å²) in [5, 5.41) is 5.14. The van der Waals surface area contributed by atoms with Gasteiger partial charge in [-0.25, -0.2) is 0 Å². The number of hydrogen-bond acceptors (Lipinski definition) is 3. The lowest BCUT2D eigenvalue weighted by Gasteiger charge is -2.40. The number of para-hydroxylation sites is 1. The Hall–Kier alpha value is -2.00. The van der Waals surface area contributed by atoms with Gasteiger partial charge in [0, 0.05) is 23.3 Å². The summed E-state index contributed by atoms with van der Waals surface area (Å²) in [6.45, 7) is 4.46. The fourth-order valence-corrected chi connectivity index (χ4v) is 4.07. The maximum atomic E-state index is 6.13. The Labute approximate surface area is 141 Å². The highest BCUT2D eigenvalue weighted by Crippen LogP contribution is 2.55. The third-order valence-corrected chi connectivity index (χ3v) is 5.56. The van der Waals surface area contributed by atoms with Gasteiger partial charge in [-0.15, -0.1) is 0 Å². The van der Waals surface area contributed by atoms with E-state index in [2.05, 4.69) is 55.2 Å². The van der Waals surface area contributed by atoms with E-state index in [-0.39, 0.29) is 5.41 Å². The molecular weight excluding hydrogens is 308 g/mol. The fraction of sp³-hybridized carbons (Fsp3) is 0.316. The maximum Gasteiger partial charge on any atom is 0.224 e. The lowest BCUT2D eigenvalue weighted by Crippen LogP contribution is -2.54. The summed E-state index contributed by atoms with van der Waals surface area (Å²) in [6, 6.07) is 16.3. The SMILES string of the molecule is CN1c2ccccc2C(C)(C)[C@@]12CC(c1cccc(Cl)c1)=NO2. The molecule has 1 spiro atoms. The number of fused-ring (bicyclic) bond motifs is 1. The Morgan fingerprint density at radius 3 is 2.65 bits per heavy atom. The van der Waals surface area contributed by atoms with E-state index in [1.807, 2.05) is 24.3 Å². The zero-order chi connectivity index (χ0) is 16.2. The van der Waals surface area contributed by atoms with Gasteiger partial charge in [0.2, 0.25) is 5.72 Å². The molecule has 2 aromatic carbocycles. The molecule has 3 nitrogen and oxygen atoms in total. The molecule has 1 atom stereocenters. The first-order valence-electron chi connectivity index (χ1n) is 7.80. The molecule has 2 aromatic rings. The first-order valence-corrected chi connectivity index (χ1v) is 8.18. The topological polar surface area (TPSA) is 24.8 Å². The molecule has 0 saturated carbocycles. The standard InChI is InChI=1S/C19H19ClN2O/c1-18(2)15-9-4-5-10-17(15)22(3)19(18)12-16(21-23-19)13-7-6-8-14(20)11-13/h4-11H,12H2,1-3H3/t19-/m0/s1. The number of anilines is 1. The highest BCUT2D eigenvalue weighted by atomic mass is 35.5. The average Bonchev–Trinajstić information content (AvgIpc) is 3.06. The summed E-state index contributed by atoms with van der Waals surface area (Å²) >= 11 is 6.13. The summed E-state index contributed by atoms with van der Waals surface area (Å²) in [4.78, 5) is 8.31. The van der Waals surface area contributed by atoms with Crippen LogP contribution in [0.15, 0.2) is 53.7 Å². The van der Waals surface area contributed by atoms with Crippen molar-refractivity contribution in [3.8, 4) is 0 Å². The molecule has 2 aliphatic rings. The normalized spacial score (nSPS) is 24.5. The van der Waals surface area contributed by atoms with E-state index >= 15 is 0 Å². The molecular formula is C19H19ClN2O. The van der Waals surface area contributed by atoms with Crippen molar-refractivity contribution < 1.29 is 4.84 Å². The zero-order valence-electron chi connectivity index (χ0n) is 13.5. The number of nitrogens with zero attached hydrogens (tertiary/aromatic N) is 2. The second kappa shape index (κ2) is 4.75. The van der Waals surface area contributed by atoms with Crippen LogP contribution in [-0.2, 0) is 10.3 Å². The van der Waals surface area contributed by atoms with E-state index < -0.39 is 5.72 Å². The molecule has 0 bridgehead atoms. The third-order valence-electron chi connectivity index (χ3n) is 5.33. The highest BCUT2D eigenvalue weighted by Gasteiger charge is 2.61. The summed E-state index contributed by atoms with van der Waals surface area (Å²) in [5.41, 5.74) is 3.82.